The highest BCUT2D eigenvalue weighted by molar-refractivity contribution is 5.88. The number of aliphatic carboxylic acids is 1. The molecule has 2 heterocycles. The second-order valence-corrected chi connectivity index (χ2v) is 5.16. The van der Waals surface area contributed by atoms with Crippen molar-refractivity contribution in [1.82, 2.24) is 4.90 Å². The monoisotopic (exact) mass is 291 g/mol. The van der Waals surface area contributed by atoms with Crippen LogP contribution in [0, 0.1) is 0 Å². The first-order chi connectivity index (χ1) is 10.2. The predicted octanol–water partition coefficient (Wildman–Crippen LogP) is 0.612. The van der Waals surface area contributed by atoms with Crippen molar-refractivity contribution in [2.75, 3.05) is 26.4 Å². The van der Waals surface area contributed by atoms with Crippen LogP contribution in [0.25, 0.3) is 0 Å². The van der Waals surface area contributed by atoms with Crippen molar-refractivity contribution in [3.8, 4) is 0 Å². The number of rotatable bonds is 2. The van der Waals surface area contributed by atoms with Crippen LogP contribution in [0.2, 0.25) is 0 Å². The molecule has 2 aliphatic heterocycles. The van der Waals surface area contributed by atoms with E-state index in [1.54, 1.807) is 0 Å². The minimum absolute atomic E-state index is 0.0233. The second-order valence-electron chi connectivity index (χ2n) is 5.16. The molecule has 0 unspecified atom stereocenters. The Morgan fingerprint density at radius 3 is 2.86 bits per heavy atom. The van der Waals surface area contributed by atoms with E-state index in [-0.39, 0.29) is 19.1 Å². The van der Waals surface area contributed by atoms with Gasteiger partial charge in [0.05, 0.1) is 19.8 Å². The van der Waals surface area contributed by atoms with Gasteiger partial charge in [0, 0.05) is 6.54 Å². The van der Waals surface area contributed by atoms with Crippen LogP contribution in [0.4, 0.5) is 0 Å². The van der Waals surface area contributed by atoms with E-state index in [1.165, 1.54) is 4.90 Å². The summed E-state index contributed by atoms with van der Waals surface area (Å²) in [5.41, 5.74) is 1.92. The minimum Gasteiger partial charge on any atom is -0.480 e. The van der Waals surface area contributed by atoms with Crippen molar-refractivity contribution in [1.29, 1.82) is 0 Å². The summed E-state index contributed by atoms with van der Waals surface area (Å²) < 4.78 is 10.8. The lowest BCUT2D eigenvalue weighted by Gasteiger charge is -2.36. The van der Waals surface area contributed by atoms with Gasteiger partial charge in [-0.2, -0.15) is 0 Å². The van der Waals surface area contributed by atoms with Gasteiger partial charge in [-0.05, 0) is 17.5 Å². The summed E-state index contributed by atoms with van der Waals surface area (Å²) in [6.07, 6.45) is 0.0562. The van der Waals surface area contributed by atoms with Gasteiger partial charge in [-0.3, -0.25) is 4.79 Å². The number of carboxylic acid groups (broad SMARTS) is 1. The average Bonchev–Trinajstić information content (AvgIpc) is 2.53. The molecular formula is C15H17NO5. The summed E-state index contributed by atoms with van der Waals surface area (Å²) in [7, 11) is 0. The number of nitrogens with zero attached hydrogens (tertiary/aromatic N) is 1. The molecule has 0 aromatic heterocycles. The molecule has 6 nitrogen and oxygen atoms in total. The summed E-state index contributed by atoms with van der Waals surface area (Å²) in [5, 5.41) is 9.24. The number of fused-ring (bicyclic) bond motifs is 1. The standard InChI is InChI=1S/C15H17NO5/c17-14(16-6-8-20-9-12(16)15(18)19)13-11-4-2-1-3-10(11)5-7-21-13/h1-4,12-13H,5-9H2,(H,18,19)/t12-,13+/m0/s1. The number of carbonyl (C=O) groups excluding carboxylic acids is 1. The maximum Gasteiger partial charge on any atom is 0.328 e. The summed E-state index contributed by atoms with van der Waals surface area (Å²) in [6, 6.07) is 6.70. The molecule has 1 N–H and O–H groups in total. The maximum absolute atomic E-state index is 12.7. The SMILES string of the molecule is O=C(O)[C@@H]1COCCN1C(=O)[C@@H]1OCCc2ccccc21. The van der Waals surface area contributed by atoms with Crippen molar-refractivity contribution in [2.45, 2.75) is 18.6 Å². The topological polar surface area (TPSA) is 76.1 Å². The van der Waals surface area contributed by atoms with Crippen LogP contribution in [-0.2, 0) is 25.5 Å². The van der Waals surface area contributed by atoms with Crippen molar-refractivity contribution >= 4 is 11.9 Å². The Bertz CT molecular complexity index is 559. The smallest absolute Gasteiger partial charge is 0.328 e. The number of benzene rings is 1. The van der Waals surface area contributed by atoms with Gasteiger partial charge >= 0.3 is 5.97 Å². The number of hydrogen-bond acceptors (Lipinski definition) is 4. The first kappa shape index (κ1) is 14.0. The molecule has 1 aromatic rings. The zero-order chi connectivity index (χ0) is 14.8. The van der Waals surface area contributed by atoms with Gasteiger partial charge in [0.2, 0.25) is 0 Å². The lowest BCUT2D eigenvalue weighted by atomic mass is 9.96. The molecule has 3 rings (SSSR count). The van der Waals surface area contributed by atoms with E-state index < -0.39 is 18.1 Å². The third kappa shape index (κ3) is 2.64. The largest absolute Gasteiger partial charge is 0.480 e. The summed E-state index contributed by atoms with van der Waals surface area (Å²) >= 11 is 0. The molecule has 6 heteroatoms. The molecule has 112 valence electrons. The fourth-order valence-electron chi connectivity index (χ4n) is 2.82. The molecule has 2 aliphatic rings. The first-order valence-electron chi connectivity index (χ1n) is 6.99. The van der Waals surface area contributed by atoms with E-state index in [9.17, 15) is 14.7 Å². The van der Waals surface area contributed by atoms with Crippen LogP contribution in [0.15, 0.2) is 24.3 Å². The molecule has 21 heavy (non-hydrogen) atoms. The van der Waals surface area contributed by atoms with Gasteiger partial charge in [0.15, 0.2) is 12.1 Å². The van der Waals surface area contributed by atoms with Crippen LogP contribution >= 0.6 is 0 Å². The quantitative estimate of drug-likeness (QED) is 0.864. The van der Waals surface area contributed by atoms with Gasteiger partial charge in [0.25, 0.3) is 5.91 Å². The fourth-order valence-corrected chi connectivity index (χ4v) is 2.82. The maximum atomic E-state index is 12.7. The highest BCUT2D eigenvalue weighted by Gasteiger charge is 2.38. The molecule has 0 aliphatic carbocycles. The Morgan fingerprint density at radius 2 is 2.05 bits per heavy atom. The van der Waals surface area contributed by atoms with Crippen molar-refractivity contribution in [3.05, 3.63) is 35.4 Å². The van der Waals surface area contributed by atoms with E-state index in [2.05, 4.69) is 0 Å². The molecule has 1 saturated heterocycles. The summed E-state index contributed by atoms with van der Waals surface area (Å²) in [4.78, 5) is 25.4. The molecule has 1 fully saturated rings. The number of amides is 1. The van der Waals surface area contributed by atoms with Crippen LogP contribution in [0.3, 0.4) is 0 Å². The molecule has 0 saturated carbocycles. The van der Waals surface area contributed by atoms with Gasteiger partial charge in [-0.25, -0.2) is 4.79 Å². The Morgan fingerprint density at radius 1 is 1.24 bits per heavy atom. The highest BCUT2D eigenvalue weighted by Crippen LogP contribution is 2.29. The van der Waals surface area contributed by atoms with Crippen molar-refractivity contribution in [3.63, 3.8) is 0 Å². The number of hydrogen-bond donors (Lipinski definition) is 1. The number of carbonyl (C=O) groups is 2. The number of ether oxygens (including phenoxy) is 2. The van der Waals surface area contributed by atoms with Gasteiger partial charge in [-0.1, -0.05) is 24.3 Å². The molecular weight excluding hydrogens is 274 g/mol. The zero-order valence-corrected chi connectivity index (χ0v) is 11.5. The van der Waals surface area contributed by atoms with Gasteiger partial charge in [-0.15, -0.1) is 0 Å². The Balaban J connectivity index is 1.86. The van der Waals surface area contributed by atoms with Crippen molar-refractivity contribution < 1.29 is 24.2 Å². The van der Waals surface area contributed by atoms with E-state index in [1.807, 2.05) is 24.3 Å². The third-order valence-corrected chi connectivity index (χ3v) is 3.91. The van der Waals surface area contributed by atoms with E-state index in [4.69, 9.17) is 9.47 Å². The summed E-state index contributed by atoms with van der Waals surface area (Å²) in [6.45, 7) is 1.12. The average molecular weight is 291 g/mol. The predicted molar refractivity (Wildman–Crippen MR) is 72.8 cm³/mol. The van der Waals surface area contributed by atoms with E-state index in [0.29, 0.717) is 13.2 Å². The van der Waals surface area contributed by atoms with E-state index in [0.717, 1.165) is 17.5 Å². The lowest BCUT2D eigenvalue weighted by molar-refractivity contribution is -0.165. The van der Waals surface area contributed by atoms with Crippen LogP contribution < -0.4 is 0 Å². The third-order valence-electron chi connectivity index (χ3n) is 3.91. The Kier molecular flexibility index (Phi) is 3.90. The minimum atomic E-state index is -1.05. The first-order valence-corrected chi connectivity index (χ1v) is 6.99. The molecule has 1 amide bonds. The fraction of sp³-hybridized carbons (Fsp3) is 0.467. The number of morpholine rings is 1. The zero-order valence-electron chi connectivity index (χ0n) is 11.5. The molecule has 0 bridgehead atoms. The molecule has 2 atom stereocenters. The molecule has 1 aromatic carbocycles. The van der Waals surface area contributed by atoms with Gasteiger partial charge < -0.3 is 19.5 Å². The van der Waals surface area contributed by atoms with Crippen LogP contribution in [0.1, 0.15) is 17.2 Å². The van der Waals surface area contributed by atoms with Crippen LogP contribution in [-0.4, -0.2) is 54.3 Å². The molecule has 0 radical (unpaired) electrons. The van der Waals surface area contributed by atoms with E-state index >= 15 is 0 Å². The Labute approximate surface area is 122 Å². The lowest BCUT2D eigenvalue weighted by Crippen LogP contribution is -2.54. The highest BCUT2D eigenvalue weighted by atomic mass is 16.5. The molecule has 0 spiro atoms. The summed E-state index contributed by atoms with van der Waals surface area (Å²) in [5.74, 6) is -1.34. The second kappa shape index (κ2) is 5.83. The Hall–Kier alpha value is -1.92. The van der Waals surface area contributed by atoms with Gasteiger partial charge in [0.1, 0.15) is 0 Å². The number of carboxylic acids is 1. The normalized spacial score (nSPS) is 25.2. The van der Waals surface area contributed by atoms with Crippen LogP contribution in [0.5, 0.6) is 0 Å². The van der Waals surface area contributed by atoms with Crippen molar-refractivity contribution in [2.24, 2.45) is 0 Å².